The molecule has 13 rings (SSSR count). The summed E-state index contributed by atoms with van der Waals surface area (Å²) in [6.07, 6.45) is 0. The predicted octanol–water partition coefficient (Wildman–Crippen LogP) is 15.0. The topological polar surface area (TPSA) is 41.9 Å². The predicted molar refractivity (Wildman–Crippen MR) is 262 cm³/mol. The molecule has 0 N–H and O–H groups in total. The van der Waals surface area contributed by atoms with Crippen molar-refractivity contribution in [2.45, 2.75) is 5.41 Å². The number of aromatic nitrogens is 3. The van der Waals surface area contributed by atoms with Gasteiger partial charge in [-0.05, 0) is 75.8 Å². The van der Waals surface area contributed by atoms with Gasteiger partial charge in [0.2, 0.25) is 0 Å². The minimum Gasteiger partial charge on any atom is -0.310 e. The fraction of sp³-hybridized carbons (Fsp3) is 0.0167. The maximum Gasteiger partial charge on any atom is 0.160 e. The molecule has 0 fully saturated rings. The van der Waals surface area contributed by atoms with E-state index in [2.05, 4.69) is 211 Å². The van der Waals surface area contributed by atoms with Gasteiger partial charge in [0.15, 0.2) is 5.82 Å². The van der Waals surface area contributed by atoms with Crippen LogP contribution in [0.15, 0.2) is 231 Å². The molecule has 64 heavy (non-hydrogen) atoms. The van der Waals surface area contributed by atoms with E-state index >= 15 is 0 Å². The molecule has 4 heteroatoms. The second-order valence-corrected chi connectivity index (χ2v) is 16.7. The third-order valence-electron chi connectivity index (χ3n) is 13.2. The van der Waals surface area contributed by atoms with Gasteiger partial charge in [0.1, 0.15) is 0 Å². The number of hydrogen-bond acceptors (Lipinski definition) is 4. The van der Waals surface area contributed by atoms with Crippen molar-refractivity contribution in [3.63, 3.8) is 0 Å². The summed E-state index contributed by atoms with van der Waals surface area (Å²) in [4.78, 5) is 18.2. The van der Waals surface area contributed by atoms with E-state index in [0.717, 1.165) is 61.3 Å². The van der Waals surface area contributed by atoms with E-state index in [4.69, 9.17) is 15.0 Å². The van der Waals surface area contributed by atoms with Crippen LogP contribution in [0.1, 0.15) is 22.3 Å². The van der Waals surface area contributed by atoms with E-state index in [1.165, 1.54) is 50.1 Å². The van der Waals surface area contributed by atoms with Crippen molar-refractivity contribution in [1.29, 1.82) is 0 Å². The van der Waals surface area contributed by atoms with Gasteiger partial charge < -0.3 is 4.90 Å². The van der Waals surface area contributed by atoms with Crippen LogP contribution in [0.4, 0.5) is 17.1 Å². The molecule has 0 saturated carbocycles. The van der Waals surface area contributed by atoms with Gasteiger partial charge >= 0.3 is 0 Å². The molecule has 2 aromatic heterocycles. The standard InChI is InChI=1S/C60H38N4/c1-4-19-39(20-5-1)52-38-53(63-59(62-52)40-21-6-2-7-22-40)41-23-18-24-42(37-41)58-46-35-36-50-57(56(46)45-28-11-15-32-51(45)61-58)44-27-10-12-29-47(44)60(50)48-30-13-16-33-54(48)64(43-25-8-3-9-26-43)55-34-17-14-31-49(55)60/h1-38H. The molecule has 1 aliphatic carbocycles. The number of pyridine rings is 1. The zero-order valence-electron chi connectivity index (χ0n) is 34.7. The maximum atomic E-state index is 5.50. The quantitative estimate of drug-likeness (QED) is 0.162. The van der Waals surface area contributed by atoms with Crippen LogP contribution in [0.25, 0.3) is 78.0 Å². The molecular weight excluding hydrogens is 777 g/mol. The molecule has 9 aromatic carbocycles. The Labute approximate surface area is 371 Å². The van der Waals surface area contributed by atoms with Crippen molar-refractivity contribution in [3.8, 4) is 56.3 Å². The Morgan fingerprint density at radius 3 is 1.66 bits per heavy atom. The van der Waals surface area contributed by atoms with Gasteiger partial charge in [0.05, 0.1) is 39.4 Å². The van der Waals surface area contributed by atoms with Gasteiger partial charge in [-0.2, -0.15) is 0 Å². The van der Waals surface area contributed by atoms with Gasteiger partial charge in [0, 0.05) is 44.1 Å². The summed E-state index contributed by atoms with van der Waals surface area (Å²) in [5.41, 5.74) is 18.3. The molecule has 3 heterocycles. The Morgan fingerprint density at radius 2 is 0.922 bits per heavy atom. The van der Waals surface area contributed by atoms with Crippen molar-refractivity contribution in [3.05, 3.63) is 253 Å². The highest BCUT2D eigenvalue weighted by Gasteiger charge is 2.52. The molecule has 298 valence electrons. The first-order valence-corrected chi connectivity index (χ1v) is 21.9. The minimum atomic E-state index is -0.566. The Hall–Kier alpha value is -8.47. The number of fused-ring (bicyclic) bond motifs is 13. The Bertz CT molecular complexity index is 3510. The third kappa shape index (κ3) is 5.33. The molecule has 4 nitrogen and oxygen atoms in total. The van der Waals surface area contributed by atoms with Crippen LogP contribution in [0.2, 0.25) is 0 Å². The lowest BCUT2D eigenvalue weighted by atomic mass is 9.64. The number of para-hydroxylation sites is 4. The lowest BCUT2D eigenvalue weighted by Gasteiger charge is -2.45. The first-order valence-electron chi connectivity index (χ1n) is 21.9. The fourth-order valence-corrected chi connectivity index (χ4v) is 10.6. The third-order valence-corrected chi connectivity index (χ3v) is 13.2. The summed E-state index contributed by atoms with van der Waals surface area (Å²) in [6, 6.07) is 82.6. The van der Waals surface area contributed by atoms with Crippen molar-refractivity contribution < 1.29 is 0 Å². The Morgan fingerprint density at radius 1 is 0.359 bits per heavy atom. The molecule has 11 aromatic rings. The van der Waals surface area contributed by atoms with E-state index in [-0.39, 0.29) is 0 Å². The van der Waals surface area contributed by atoms with Gasteiger partial charge in [0.25, 0.3) is 0 Å². The highest BCUT2D eigenvalue weighted by molar-refractivity contribution is 6.20. The van der Waals surface area contributed by atoms with Gasteiger partial charge in [-0.3, -0.25) is 0 Å². The lowest BCUT2D eigenvalue weighted by Crippen LogP contribution is -2.36. The Balaban J connectivity index is 1.06. The molecule has 0 amide bonds. The molecule has 0 radical (unpaired) electrons. The summed E-state index contributed by atoms with van der Waals surface area (Å²) in [5.74, 6) is 0.692. The monoisotopic (exact) mass is 814 g/mol. The van der Waals surface area contributed by atoms with E-state index in [9.17, 15) is 0 Å². The first-order chi connectivity index (χ1) is 31.8. The van der Waals surface area contributed by atoms with E-state index in [0.29, 0.717) is 5.82 Å². The van der Waals surface area contributed by atoms with E-state index < -0.39 is 5.41 Å². The number of rotatable bonds is 5. The highest BCUT2D eigenvalue weighted by atomic mass is 15.2. The SMILES string of the molecule is c1ccc(-c2cc(-c3cccc(-c4nc5ccccc5c5c6c(ccc45)C4(c5ccccc5-6)c5ccccc5N(c5ccccc5)c5ccccc54)c3)nc(-c3ccccc3)n2)cc1. The second-order valence-electron chi connectivity index (χ2n) is 16.7. The molecular formula is C60H38N4. The number of anilines is 3. The summed E-state index contributed by atoms with van der Waals surface area (Å²) in [6.45, 7) is 0. The van der Waals surface area contributed by atoms with Crippen molar-refractivity contribution >= 4 is 38.7 Å². The summed E-state index contributed by atoms with van der Waals surface area (Å²) in [7, 11) is 0. The molecule has 2 aliphatic rings. The largest absolute Gasteiger partial charge is 0.310 e. The van der Waals surface area contributed by atoms with Gasteiger partial charge in [-0.15, -0.1) is 0 Å². The normalized spacial score (nSPS) is 13.1. The summed E-state index contributed by atoms with van der Waals surface area (Å²) < 4.78 is 0. The number of hydrogen-bond donors (Lipinski definition) is 0. The minimum absolute atomic E-state index is 0.566. The van der Waals surface area contributed by atoms with Crippen LogP contribution in [0, 0.1) is 0 Å². The molecule has 0 unspecified atom stereocenters. The zero-order valence-corrected chi connectivity index (χ0v) is 34.7. The smallest absolute Gasteiger partial charge is 0.160 e. The molecule has 0 saturated heterocycles. The zero-order chi connectivity index (χ0) is 42.2. The van der Waals surface area contributed by atoms with Crippen LogP contribution in [0.3, 0.4) is 0 Å². The van der Waals surface area contributed by atoms with Crippen LogP contribution in [-0.2, 0) is 5.41 Å². The van der Waals surface area contributed by atoms with Crippen LogP contribution < -0.4 is 4.90 Å². The lowest BCUT2D eigenvalue weighted by molar-refractivity contribution is 0.753. The molecule has 1 aliphatic heterocycles. The maximum absolute atomic E-state index is 5.50. The molecule has 0 atom stereocenters. The van der Waals surface area contributed by atoms with Crippen LogP contribution in [-0.4, -0.2) is 15.0 Å². The van der Waals surface area contributed by atoms with Crippen LogP contribution >= 0.6 is 0 Å². The Kier molecular flexibility index (Phi) is 8.09. The molecule has 1 spiro atoms. The van der Waals surface area contributed by atoms with Gasteiger partial charge in [-0.1, -0.05) is 188 Å². The van der Waals surface area contributed by atoms with Crippen molar-refractivity contribution in [2.24, 2.45) is 0 Å². The van der Waals surface area contributed by atoms with Crippen molar-refractivity contribution in [1.82, 2.24) is 15.0 Å². The summed E-state index contributed by atoms with van der Waals surface area (Å²) >= 11 is 0. The average Bonchev–Trinajstić information content (AvgIpc) is 3.67. The second kappa shape index (κ2) is 14.3. The highest BCUT2D eigenvalue weighted by Crippen LogP contribution is 2.64. The van der Waals surface area contributed by atoms with Crippen LogP contribution in [0.5, 0.6) is 0 Å². The van der Waals surface area contributed by atoms with E-state index in [1.807, 2.05) is 24.3 Å². The van der Waals surface area contributed by atoms with E-state index in [1.54, 1.807) is 0 Å². The molecule has 0 bridgehead atoms. The van der Waals surface area contributed by atoms with Crippen molar-refractivity contribution in [2.75, 3.05) is 4.90 Å². The fourth-order valence-electron chi connectivity index (χ4n) is 10.6. The number of benzene rings is 9. The number of nitrogens with zero attached hydrogens (tertiary/aromatic N) is 4. The summed E-state index contributed by atoms with van der Waals surface area (Å²) in [5, 5.41) is 3.47. The average molecular weight is 815 g/mol. The van der Waals surface area contributed by atoms with Gasteiger partial charge in [-0.25, -0.2) is 15.0 Å². The first kappa shape index (κ1) is 36.2.